The van der Waals surface area contributed by atoms with Crippen molar-refractivity contribution in [2.75, 3.05) is 11.9 Å². The SMILES string of the molecule is CCC(CC)(CN)C(=O)Nc1ccc2[nH]ncc2c1.Cl. The summed E-state index contributed by atoms with van der Waals surface area (Å²) in [7, 11) is 0. The number of carbonyl (C=O) groups is 1. The number of hydrogen-bond acceptors (Lipinski definition) is 3. The minimum Gasteiger partial charge on any atom is -0.329 e. The number of aromatic amines is 1. The van der Waals surface area contributed by atoms with Crippen molar-refractivity contribution in [2.24, 2.45) is 11.1 Å². The highest BCUT2D eigenvalue weighted by molar-refractivity contribution is 5.97. The predicted molar refractivity (Wildman–Crippen MR) is 84.0 cm³/mol. The van der Waals surface area contributed by atoms with Gasteiger partial charge in [0.05, 0.1) is 17.1 Å². The molecule has 110 valence electrons. The van der Waals surface area contributed by atoms with E-state index in [1.54, 1.807) is 6.20 Å². The number of fused-ring (bicyclic) bond motifs is 1. The van der Waals surface area contributed by atoms with Gasteiger partial charge in [0.1, 0.15) is 0 Å². The van der Waals surface area contributed by atoms with Crippen LogP contribution in [0, 0.1) is 5.41 Å². The Labute approximate surface area is 124 Å². The number of hydrogen-bond donors (Lipinski definition) is 3. The van der Waals surface area contributed by atoms with E-state index in [1.165, 1.54) is 0 Å². The predicted octanol–water partition coefficient (Wildman–Crippen LogP) is 2.69. The monoisotopic (exact) mass is 296 g/mol. The molecular formula is C14H21ClN4O. The van der Waals surface area contributed by atoms with Gasteiger partial charge in [-0.05, 0) is 31.0 Å². The fourth-order valence-electron chi connectivity index (χ4n) is 2.24. The van der Waals surface area contributed by atoms with Gasteiger partial charge in [-0.1, -0.05) is 13.8 Å². The second-order valence-corrected chi connectivity index (χ2v) is 4.82. The number of aromatic nitrogens is 2. The minimum atomic E-state index is -0.481. The largest absolute Gasteiger partial charge is 0.329 e. The smallest absolute Gasteiger partial charge is 0.231 e. The van der Waals surface area contributed by atoms with Crippen LogP contribution in [0.5, 0.6) is 0 Å². The van der Waals surface area contributed by atoms with Gasteiger partial charge >= 0.3 is 0 Å². The van der Waals surface area contributed by atoms with Crippen molar-refractivity contribution in [3.8, 4) is 0 Å². The van der Waals surface area contributed by atoms with Crippen molar-refractivity contribution in [1.29, 1.82) is 0 Å². The van der Waals surface area contributed by atoms with E-state index in [0.29, 0.717) is 6.54 Å². The molecule has 4 N–H and O–H groups in total. The first-order chi connectivity index (χ1) is 9.15. The minimum absolute atomic E-state index is 0. The Morgan fingerprint density at radius 1 is 1.40 bits per heavy atom. The Balaban J connectivity index is 0.00000200. The lowest BCUT2D eigenvalue weighted by Gasteiger charge is -2.28. The third-order valence-corrected chi connectivity index (χ3v) is 3.92. The molecule has 0 radical (unpaired) electrons. The summed E-state index contributed by atoms with van der Waals surface area (Å²) in [5.41, 5.74) is 7.03. The summed E-state index contributed by atoms with van der Waals surface area (Å²) in [6, 6.07) is 5.67. The molecule has 0 aliphatic heterocycles. The number of amides is 1. The van der Waals surface area contributed by atoms with Gasteiger partial charge in [0, 0.05) is 17.6 Å². The van der Waals surface area contributed by atoms with Crippen LogP contribution in [-0.2, 0) is 4.79 Å². The third-order valence-electron chi connectivity index (χ3n) is 3.92. The van der Waals surface area contributed by atoms with Crippen LogP contribution in [0.25, 0.3) is 10.9 Å². The maximum Gasteiger partial charge on any atom is 0.231 e. The highest BCUT2D eigenvalue weighted by Gasteiger charge is 2.33. The molecule has 2 aromatic rings. The summed E-state index contributed by atoms with van der Waals surface area (Å²) in [4.78, 5) is 12.4. The van der Waals surface area contributed by atoms with Gasteiger partial charge in [0.25, 0.3) is 0 Å². The summed E-state index contributed by atoms with van der Waals surface area (Å²) in [5.74, 6) is -0.0113. The van der Waals surface area contributed by atoms with Crippen LogP contribution in [-0.4, -0.2) is 22.6 Å². The molecule has 1 aromatic carbocycles. The van der Waals surface area contributed by atoms with Crippen molar-refractivity contribution in [3.05, 3.63) is 24.4 Å². The topological polar surface area (TPSA) is 83.8 Å². The van der Waals surface area contributed by atoms with E-state index in [0.717, 1.165) is 29.4 Å². The third kappa shape index (κ3) is 2.94. The van der Waals surface area contributed by atoms with Crippen LogP contribution in [0.1, 0.15) is 26.7 Å². The van der Waals surface area contributed by atoms with Gasteiger partial charge in [0.2, 0.25) is 5.91 Å². The van der Waals surface area contributed by atoms with Gasteiger partial charge in [-0.3, -0.25) is 9.89 Å². The zero-order valence-electron chi connectivity index (χ0n) is 11.8. The Hall–Kier alpha value is -1.59. The number of nitrogens with zero attached hydrogens (tertiary/aromatic N) is 1. The van der Waals surface area contributed by atoms with Crippen molar-refractivity contribution >= 4 is 34.9 Å². The van der Waals surface area contributed by atoms with E-state index < -0.39 is 5.41 Å². The molecule has 0 atom stereocenters. The summed E-state index contributed by atoms with van der Waals surface area (Å²) >= 11 is 0. The van der Waals surface area contributed by atoms with Crippen molar-refractivity contribution in [3.63, 3.8) is 0 Å². The Morgan fingerprint density at radius 3 is 2.70 bits per heavy atom. The number of anilines is 1. The molecule has 1 heterocycles. The second kappa shape index (κ2) is 6.72. The molecule has 6 heteroatoms. The Bertz CT molecular complexity index is 569. The molecule has 0 spiro atoms. The number of benzene rings is 1. The van der Waals surface area contributed by atoms with E-state index in [2.05, 4.69) is 15.5 Å². The first kappa shape index (κ1) is 16.5. The number of halogens is 1. The molecule has 5 nitrogen and oxygen atoms in total. The summed E-state index contributed by atoms with van der Waals surface area (Å²) in [6.45, 7) is 4.35. The Morgan fingerprint density at radius 2 is 2.10 bits per heavy atom. The summed E-state index contributed by atoms with van der Waals surface area (Å²) < 4.78 is 0. The van der Waals surface area contributed by atoms with Gasteiger partial charge in [-0.2, -0.15) is 5.10 Å². The van der Waals surface area contributed by atoms with E-state index in [4.69, 9.17) is 5.73 Å². The first-order valence-corrected chi connectivity index (χ1v) is 6.60. The molecule has 1 aromatic heterocycles. The van der Waals surface area contributed by atoms with Gasteiger partial charge in [-0.25, -0.2) is 0 Å². The highest BCUT2D eigenvalue weighted by atomic mass is 35.5. The molecule has 0 aliphatic carbocycles. The average molecular weight is 297 g/mol. The number of carbonyl (C=O) groups excluding carboxylic acids is 1. The molecule has 20 heavy (non-hydrogen) atoms. The van der Waals surface area contributed by atoms with E-state index in [9.17, 15) is 4.79 Å². The molecule has 0 aliphatic rings. The average Bonchev–Trinajstić information content (AvgIpc) is 2.89. The van der Waals surface area contributed by atoms with Crippen LogP contribution in [0.3, 0.4) is 0 Å². The highest BCUT2D eigenvalue weighted by Crippen LogP contribution is 2.27. The van der Waals surface area contributed by atoms with Crippen LogP contribution >= 0.6 is 12.4 Å². The molecule has 0 saturated heterocycles. The zero-order valence-corrected chi connectivity index (χ0v) is 12.6. The Kier molecular flexibility index (Phi) is 5.53. The fraction of sp³-hybridized carbons (Fsp3) is 0.429. The molecule has 0 unspecified atom stereocenters. The molecule has 0 bridgehead atoms. The second-order valence-electron chi connectivity index (χ2n) is 4.82. The summed E-state index contributed by atoms with van der Waals surface area (Å²) in [5, 5.41) is 10.8. The van der Waals surface area contributed by atoms with E-state index in [1.807, 2.05) is 32.0 Å². The van der Waals surface area contributed by atoms with Crippen LogP contribution in [0.15, 0.2) is 24.4 Å². The number of nitrogens with two attached hydrogens (primary N) is 1. The lowest BCUT2D eigenvalue weighted by molar-refractivity contribution is -0.125. The van der Waals surface area contributed by atoms with Crippen molar-refractivity contribution < 1.29 is 4.79 Å². The standard InChI is InChI=1S/C14H20N4O.ClH/c1-3-14(4-2,9-15)13(19)17-11-5-6-12-10(7-11)8-16-18-12;/h5-8H,3-4,9,15H2,1-2H3,(H,16,18)(H,17,19);1H. The van der Waals surface area contributed by atoms with Crippen LogP contribution in [0.2, 0.25) is 0 Å². The van der Waals surface area contributed by atoms with Crippen LogP contribution < -0.4 is 11.1 Å². The fourth-order valence-corrected chi connectivity index (χ4v) is 2.24. The lowest BCUT2D eigenvalue weighted by atomic mass is 9.81. The molecule has 0 fully saturated rings. The van der Waals surface area contributed by atoms with Gasteiger partial charge in [0.15, 0.2) is 0 Å². The molecule has 0 saturated carbocycles. The maximum atomic E-state index is 12.4. The number of H-pyrrole nitrogens is 1. The summed E-state index contributed by atoms with van der Waals surface area (Å²) in [6.07, 6.45) is 3.21. The molecule has 2 rings (SSSR count). The zero-order chi connectivity index (χ0) is 13.9. The van der Waals surface area contributed by atoms with Crippen LogP contribution in [0.4, 0.5) is 5.69 Å². The van der Waals surface area contributed by atoms with Crippen molar-refractivity contribution in [1.82, 2.24) is 10.2 Å². The van der Waals surface area contributed by atoms with Crippen molar-refractivity contribution in [2.45, 2.75) is 26.7 Å². The number of nitrogens with one attached hydrogen (secondary N) is 2. The maximum absolute atomic E-state index is 12.4. The first-order valence-electron chi connectivity index (χ1n) is 6.60. The quantitative estimate of drug-likeness (QED) is 0.793. The van der Waals surface area contributed by atoms with Gasteiger partial charge in [-0.15, -0.1) is 12.4 Å². The van der Waals surface area contributed by atoms with E-state index >= 15 is 0 Å². The lowest BCUT2D eigenvalue weighted by Crippen LogP contribution is -2.41. The normalized spacial score (nSPS) is 11.2. The number of rotatable bonds is 5. The molecular weight excluding hydrogens is 276 g/mol. The molecule has 1 amide bonds. The van der Waals surface area contributed by atoms with E-state index in [-0.39, 0.29) is 18.3 Å². The van der Waals surface area contributed by atoms with Gasteiger partial charge < -0.3 is 11.1 Å².